The van der Waals surface area contributed by atoms with Crippen LogP contribution in [0.1, 0.15) is 37.3 Å². The lowest BCUT2D eigenvalue weighted by Crippen LogP contribution is -2.39. The molecule has 1 amide bonds. The van der Waals surface area contributed by atoms with Gasteiger partial charge in [0, 0.05) is 21.9 Å². The second-order valence-corrected chi connectivity index (χ2v) is 8.02. The molecule has 0 N–H and O–H groups in total. The summed E-state index contributed by atoms with van der Waals surface area (Å²) in [5.41, 5.74) is 0.341. The summed E-state index contributed by atoms with van der Waals surface area (Å²) in [4.78, 5) is 17.0. The molecule has 1 aliphatic rings. The van der Waals surface area contributed by atoms with Crippen LogP contribution in [0.5, 0.6) is 0 Å². The fourth-order valence-corrected chi connectivity index (χ4v) is 5.04. The van der Waals surface area contributed by atoms with Crippen LogP contribution in [0.2, 0.25) is 0 Å². The molecule has 134 valence electrons. The maximum atomic E-state index is 13.1. The maximum absolute atomic E-state index is 13.1. The standard InChI is InChI=1S/C19H14F3NOS2/c20-19(21,22)13-4-1-3-12(11-13)18(24)23-8-6-15-14(7-10-26-15)17(23)16-5-2-9-25-16/h1-5,7,9-11,17H,6,8H2/t17-/m1/s1. The molecule has 1 aliphatic heterocycles. The minimum atomic E-state index is -4.47. The lowest BCUT2D eigenvalue weighted by atomic mass is 9.97. The van der Waals surface area contributed by atoms with E-state index in [4.69, 9.17) is 0 Å². The Hall–Kier alpha value is -2.12. The predicted molar refractivity (Wildman–Crippen MR) is 96.7 cm³/mol. The van der Waals surface area contributed by atoms with Crippen LogP contribution < -0.4 is 0 Å². The molecule has 0 unspecified atom stereocenters. The molecule has 2 nitrogen and oxygen atoms in total. The molecule has 3 heterocycles. The lowest BCUT2D eigenvalue weighted by Gasteiger charge is -2.35. The summed E-state index contributed by atoms with van der Waals surface area (Å²) < 4.78 is 39.0. The third-order valence-electron chi connectivity index (χ3n) is 4.48. The van der Waals surface area contributed by atoms with Gasteiger partial charge in [-0.15, -0.1) is 22.7 Å². The van der Waals surface area contributed by atoms with Crippen molar-refractivity contribution in [1.29, 1.82) is 0 Å². The van der Waals surface area contributed by atoms with Crippen molar-refractivity contribution in [2.75, 3.05) is 6.54 Å². The van der Waals surface area contributed by atoms with Gasteiger partial charge in [0.2, 0.25) is 0 Å². The summed E-state index contributed by atoms with van der Waals surface area (Å²) in [5.74, 6) is -0.369. The largest absolute Gasteiger partial charge is 0.416 e. The van der Waals surface area contributed by atoms with Crippen LogP contribution in [0.3, 0.4) is 0 Å². The average molecular weight is 393 g/mol. The molecule has 4 rings (SSSR count). The van der Waals surface area contributed by atoms with Crippen molar-refractivity contribution in [3.8, 4) is 0 Å². The summed E-state index contributed by atoms with van der Waals surface area (Å²) in [6.45, 7) is 0.491. The Morgan fingerprint density at radius 3 is 2.65 bits per heavy atom. The smallest absolute Gasteiger partial charge is 0.326 e. The number of halogens is 3. The Bertz CT molecular complexity index is 930. The number of thiophene rings is 2. The van der Waals surface area contributed by atoms with E-state index >= 15 is 0 Å². The van der Waals surface area contributed by atoms with Gasteiger partial charge in [-0.3, -0.25) is 4.79 Å². The van der Waals surface area contributed by atoms with Gasteiger partial charge in [-0.25, -0.2) is 0 Å². The average Bonchev–Trinajstić information content (AvgIpc) is 3.31. The Labute approximate surface area is 156 Å². The van der Waals surface area contributed by atoms with Gasteiger partial charge in [0.1, 0.15) is 0 Å². The zero-order valence-electron chi connectivity index (χ0n) is 13.5. The first-order valence-corrected chi connectivity index (χ1v) is 9.79. The van der Waals surface area contributed by atoms with Gasteiger partial charge < -0.3 is 4.90 Å². The number of hydrogen-bond donors (Lipinski definition) is 0. The van der Waals surface area contributed by atoms with E-state index in [9.17, 15) is 18.0 Å². The van der Waals surface area contributed by atoms with Crippen LogP contribution in [0.25, 0.3) is 0 Å². The molecule has 2 aromatic heterocycles. The molecule has 0 bridgehead atoms. The Kier molecular flexibility index (Phi) is 4.36. The number of rotatable bonds is 2. The normalized spacial score (nSPS) is 17.2. The highest BCUT2D eigenvalue weighted by atomic mass is 32.1. The van der Waals surface area contributed by atoms with Gasteiger partial charge in [0.05, 0.1) is 11.6 Å². The van der Waals surface area contributed by atoms with E-state index in [-0.39, 0.29) is 17.5 Å². The SMILES string of the molecule is O=C(c1cccc(C(F)(F)F)c1)N1CCc2sccc2[C@@H]1c1cccs1. The highest BCUT2D eigenvalue weighted by molar-refractivity contribution is 7.10. The number of alkyl halides is 3. The summed E-state index contributed by atoms with van der Waals surface area (Å²) >= 11 is 3.21. The number of nitrogens with zero attached hydrogens (tertiary/aromatic N) is 1. The quantitative estimate of drug-likeness (QED) is 0.554. The van der Waals surface area contributed by atoms with Gasteiger partial charge in [-0.2, -0.15) is 13.2 Å². The van der Waals surface area contributed by atoms with E-state index in [1.165, 1.54) is 17.0 Å². The lowest BCUT2D eigenvalue weighted by molar-refractivity contribution is -0.137. The van der Waals surface area contributed by atoms with Gasteiger partial charge in [-0.1, -0.05) is 12.1 Å². The molecular weight excluding hydrogens is 379 g/mol. The van der Waals surface area contributed by atoms with Crippen molar-refractivity contribution in [1.82, 2.24) is 4.90 Å². The fourth-order valence-electron chi connectivity index (χ4n) is 3.28. The summed E-state index contributed by atoms with van der Waals surface area (Å²) in [6, 6.07) is 10.3. The van der Waals surface area contributed by atoms with Crippen LogP contribution in [-0.4, -0.2) is 17.4 Å². The predicted octanol–water partition coefficient (Wildman–Crippen LogP) is 5.62. The van der Waals surface area contributed by atoms with Crippen LogP contribution in [-0.2, 0) is 12.6 Å². The third kappa shape index (κ3) is 3.05. The van der Waals surface area contributed by atoms with Crippen LogP contribution in [0.4, 0.5) is 13.2 Å². The Balaban J connectivity index is 1.74. The van der Waals surface area contributed by atoms with Gasteiger partial charge in [-0.05, 0) is 53.1 Å². The van der Waals surface area contributed by atoms with Crippen LogP contribution >= 0.6 is 22.7 Å². The van der Waals surface area contributed by atoms with E-state index < -0.39 is 11.7 Å². The molecule has 3 aromatic rings. The summed E-state index contributed by atoms with van der Waals surface area (Å²) in [6.07, 6.45) is -3.74. The number of hydrogen-bond acceptors (Lipinski definition) is 3. The van der Waals surface area contributed by atoms with Crippen molar-refractivity contribution >= 4 is 28.6 Å². The van der Waals surface area contributed by atoms with Gasteiger partial charge in [0.15, 0.2) is 0 Å². The zero-order chi connectivity index (χ0) is 18.3. The molecule has 0 spiro atoms. The molecule has 0 aliphatic carbocycles. The maximum Gasteiger partial charge on any atom is 0.416 e. The molecule has 1 aromatic carbocycles. The number of benzene rings is 1. The second-order valence-electron chi connectivity index (χ2n) is 6.04. The first kappa shape index (κ1) is 17.3. The summed E-state index contributed by atoms with van der Waals surface area (Å²) in [7, 11) is 0. The van der Waals surface area contributed by atoms with E-state index in [0.29, 0.717) is 6.54 Å². The van der Waals surface area contributed by atoms with E-state index in [1.54, 1.807) is 27.6 Å². The van der Waals surface area contributed by atoms with Gasteiger partial charge >= 0.3 is 6.18 Å². The Morgan fingerprint density at radius 1 is 1.08 bits per heavy atom. The molecule has 0 fully saturated rings. The van der Waals surface area contributed by atoms with Crippen molar-refractivity contribution < 1.29 is 18.0 Å². The zero-order valence-corrected chi connectivity index (χ0v) is 15.1. The van der Waals surface area contributed by atoms with E-state index in [2.05, 4.69) is 0 Å². The van der Waals surface area contributed by atoms with Crippen molar-refractivity contribution in [3.63, 3.8) is 0 Å². The van der Waals surface area contributed by atoms with Gasteiger partial charge in [0.25, 0.3) is 5.91 Å². The topological polar surface area (TPSA) is 20.3 Å². The number of carbonyl (C=O) groups excluding carboxylic acids is 1. The third-order valence-corrected chi connectivity index (χ3v) is 6.40. The van der Waals surface area contributed by atoms with Crippen molar-refractivity contribution in [2.24, 2.45) is 0 Å². The molecule has 0 radical (unpaired) electrons. The molecule has 26 heavy (non-hydrogen) atoms. The molecule has 0 saturated carbocycles. The first-order valence-electron chi connectivity index (χ1n) is 8.03. The molecule has 0 saturated heterocycles. The van der Waals surface area contributed by atoms with Crippen LogP contribution in [0, 0.1) is 0 Å². The van der Waals surface area contributed by atoms with Crippen molar-refractivity contribution in [3.05, 3.63) is 79.7 Å². The number of amides is 1. The second kappa shape index (κ2) is 6.55. The van der Waals surface area contributed by atoms with Crippen LogP contribution in [0.15, 0.2) is 53.2 Å². The first-order chi connectivity index (χ1) is 12.4. The molecular formula is C19H14F3NOS2. The highest BCUT2D eigenvalue weighted by Gasteiger charge is 2.35. The van der Waals surface area contributed by atoms with E-state index in [0.717, 1.165) is 29.0 Å². The minimum absolute atomic E-state index is 0.0695. The highest BCUT2D eigenvalue weighted by Crippen LogP contribution is 2.40. The number of carbonyl (C=O) groups is 1. The molecule has 7 heteroatoms. The molecule has 1 atom stereocenters. The summed E-state index contributed by atoms with van der Waals surface area (Å²) in [5, 5.41) is 3.95. The Morgan fingerprint density at radius 2 is 1.92 bits per heavy atom. The van der Waals surface area contributed by atoms with E-state index in [1.807, 2.05) is 29.0 Å². The minimum Gasteiger partial charge on any atom is -0.326 e. The fraction of sp³-hybridized carbons (Fsp3) is 0.211. The monoisotopic (exact) mass is 393 g/mol. The number of fused-ring (bicyclic) bond motifs is 1. The van der Waals surface area contributed by atoms with Crippen molar-refractivity contribution in [2.45, 2.75) is 18.6 Å².